The van der Waals surface area contributed by atoms with Gasteiger partial charge in [0.05, 0.1) is 5.69 Å². The monoisotopic (exact) mass is 286 g/mol. The fourth-order valence-corrected chi connectivity index (χ4v) is 2.18. The number of hydrogen-bond acceptors (Lipinski definition) is 2. The minimum atomic E-state index is -0.367. The van der Waals surface area contributed by atoms with Crippen molar-refractivity contribution in [3.63, 3.8) is 0 Å². The molecule has 1 aromatic carbocycles. The van der Waals surface area contributed by atoms with Gasteiger partial charge >= 0.3 is 0 Å². The van der Waals surface area contributed by atoms with Crippen LogP contribution < -0.4 is 10.2 Å². The molecule has 3 nitrogen and oxygen atoms in total. The zero-order valence-electron chi connectivity index (χ0n) is 8.84. The van der Waals surface area contributed by atoms with E-state index in [9.17, 15) is 9.18 Å². The Morgan fingerprint density at radius 1 is 1.56 bits per heavy atom. The van der Waals surface area contributed by atoms with E-state index in [0.717, 1.165) is 4.47 Å². The molecule has 1 saturated heterocycles. The van der Waals surface area contributed by atoms with E-state index in [4.69, 9.17) is 0 Å². The summed E-state index contributed by atoms with van der Waals surface area (Å²) in [5.74, 6) is -0.412. The lowest BCUT2D eigenvalue weighted by molar-refractivity contribution is -0.117. The van der Waals surface area contributed by atoms with Crippen LogP contribution in [0.5, 0.6) is 0 Å². The highest BCUT2D eigenvalue weighted by molar-refractivity contribution is 9.10. The van der Waals surface area contributed by atoms with Crippen LogP contribution in [0.2, 0.25) is 0 Å². The molecule has 0 aliphatic carbocycles. The highest BCUT2D eigenvalue weighted by Crippen LogP contribution is 2.27. The maximum atomic E-state index is 13.6. The van der Waals surface area contributed by atoms with Gasteiger partial charge in [-0.25, -0.2) is 4.39 Å². The van der Waals surface area contributed by atoms with E-state index in [1.54, 1.807) is 19.2 Å². The van der Waals surface area contributed by atoms with E-state index in [-0.39, 0.29) is 17.8 Å². The zero-order valence-corrected chi connectivity index (χ0v) is 10.4. The number of halogens is 2. The number of rotatable bonds is 2. The number of carbonyl (C=O) groups is 1. The summed E-state index contributed by atoms with van der Waals surface area (Å²) in [5.41, 5.74) is 0.345. The lowest BCUT2D eigenvalue weighted by Gasteiger charge is -2.17. The molecule has 1 amide bonds. The molecule has 0 saturated carbocycles. The van der Waals surface area contributed by atoms with E-state index in [2.05, 4.69) is 21.2 Å². The van der Waals surface area contributed by atoms with Gasteiger partial charge < -0.3 is 10.2 Å². The molecular weight excluding hydrogens is 275 g/mol. The average molecular weight is 287 g/mol. The molecule has 1 N–H and O–H groups in total. The van der Waals surface area contributed by atoms with Crippen molar-refractivity contribution in [2.75, 3.05) is 18.5 Å². The molecule has 0 bridgehead atoms. The fraction of sp³-hybridized carbons (Fsp3) is 0.364. The first kappa shape index (κ1) is 11.5. The average Bonchev–Trinajstić information content (AvgIpc) is 2.63. The van der Waals surface area contributed by atoms with Crippen LogP contribution >= 0.6 is 15.9 Å². The third kappa shape index (κ3) is 2.10. The minimum Gasteiger partial charge on any atom is -0.315 e. The predicted octanol–water partition coefficient (Wildman–Crippen LogP) is 1.91. The van der Waals surface area contributed by atoms with Crippen molar-refractivity contribution in [2.24, 2.45) is 0 Å². The van der Waals surface area contributed by atoms with Gasteiger partial charge in [0, 0.05) is 23.5 Å². The zero-order chi connectivity index (χ0) is 11.7. The van der Waals surface area contributed by atoms with Crippen molar-refractivity contribution in [3.05, 3.63) is 28.5 Å². The van der Waals surface area contributed by atoms with E-state index >= 15 is 0 Å². The van der Waals surface area contributed by atoms with Gasteiger partial charge in [0.1, 0.15) is 5.82 Å². The summed E-state index contributed by atoms with van der Waals surface area (Å²) in [6.45, 7) is 0.517. The number of nitrogens with zero attached hydrogens (tertiary/aromatic N) is 1. The van der Waals surface area contributed by atoms with Gasteiger partial charge in [0.25, 0.3) is 0 Å². The Kier molecular flexibility index (Phi) is 3.25. The van der Waals surface area contributed by atoms with Crippen molar-refractivity contribution < 1.29 is 9.18 Å². The molecule has 1 unspecified atom stereocenters. The van der Waals surface area contributed by atoms with Gasteiger partial charge in [-0.05, 0) is 25.2 Å². The second kappa shape index (κ2) is 4.51. The molecule has 0 aromatic heterocycles. The predicted molar refractivity (Wildman–Crippen MR) is 63.9 cm³/mol. The first-order chi connectivity index (χ1) is 7.61. The van der Waals surface area contributed by atoms with Crippen LogP contribution in [0.25, 0.3) is 0 Å². The molecule has 16 heavy (non-hydrogen) atoms. The highest BCUT2D eigenvalue weighted by atomic mass is 79.9. The third-order valence-electron chi connectivity index (χ3n) is 2.73. The van der Waals surface area contributed by atoms with Crippen LogP contribution in [0.15, 0.2) is 22.7 Å². The van der Waals surface area contributed by atoms with Gasteiger partial charge in [-0.15, -0.1) is 0 Å². The molecule has 86 valence electrons. The maximum absolute atomic E-state index is 13.6. The molecule has 1 fully saturated rings. The number of carbonyl (C=O) groups excluding carboxylic acids is 1. The van der Waals surface area contributed by atoms with Gasteiger partial charge in [-0.1, -0.05) is 15.9 Å². The molecule has 1 atom stereocenters. The lowest BCUT2D eigenvalue weighted by Crippen LogP contribution is -2.30. The van der Waals surface area contributed by atoms with Crippen molar-refractivity contribution in [1.82, 2.24) is 5.32 Å². The maximum Gasteiger partial charge on any atom is 0.228 e. The third-order valence-corrected chi connectivity index (χ3v) is 3.23. The summed E-state index contributed by atoms with van der Waals surface area (Å²) in [6.07, 6.45) is 0.419. The topological polar surface area (TPSA) is 32.3 Å². The molecule has 1 aliphatic rings. The van der Waals surface area contributed by atoms with Crippen molar-refractivity contribution in [2.45, 2.75) is 12.5 Å². The van der Waals surface area contributed by atoms with Crippen LogP contribution in [0.3, 0.4) is 0 Å². The van der Waals surface area contributed by atoms with Gasteiger partial charge in [-0.3, -0.25) is 4.79 Å². The summed E-state index contributed by atoms with van der Waals surface area (Å²) in [6, 6.07) is 4.71. The summed E-state index contributed by atoms with van der Waals surface area (Å²) < 4.78 is 14.4. The van der Waals surface area contributed by atoms with Crippen molar-refractivity contribution in [1.29, 1.82) is 0 Å². The van der Waals surface area contributed by atoms with E-state index in [0.29, 0.717) is 18.7 Å². The molecule has 0 radical (unpaired) electrons. The molecule has 5 heteroatoms. The molecule has 1 heterocycles. The molecule has 1 aromatic rings. The standard InChI is InChI=1S/C11H12BrFN2O/c1-14-8-5-11(16)15(6-8)10-4-7(12)2-3-9(10)13/h2-4,8,14H,5-6H2,1H3. The summed E-state index contributed by atoms with van der Waals surface area (Å²) >= 11 is 3.28. The van der Waals surface area contributed by atoms with Crippen LogP contribution in [0.1, 0.15) is 6.42 Å². The Labute approximate surface area is 102 Å². The van der Waals surface area contributed by atoms with Gasteiger partial charge in [0.2, 0.25) is 5.91 Å². The Morgan fingerprint density at radius 2 is 2.31 bits per heavy atom. The quantitative estimate of drug-likeness (QED) is 0.901. The number of nitrogens with one attached hydrogen (secondary N) is 1. The van der Waals surface area contributed by atoms with Crippen LogP contribution in [0, 0.1) is 5.82 Å². The number of anilines is 1. The lowest BCUT2D eigenvalue weighted by atomic mass is 10.3. The first-order valence-corrected chi connectivity index (χ1v) is 5.84. The summed E-state index contributed by atoms with van der Waals surface area (Å²) in [5, 5.41) is 3.03. The first-order valence-electron chi connectivity index (χ1n) is 5.04. The summed E-state index contributed by atoms with van der Waals surface area (Å²) in [7, 11) is 1.80. The molecule has 2 rings (SSSR count). The van der Waals surface area contributed by atoms with Crippen LogP contribution in [0.4, 0.5) is 10.1 Å². The number of likely N-dealkylation sites (N-methyl/N-ethyl adjacent to an activating group) is 1. The Balaban J connectivity index is 2.30. The van der Waals surface area contributed by atoms with Crippen LogP contribution in [-0.4, -0.2) is 25.5 Å². The summed E-state index contributed by atoms with van der Waals surface area (Å²) in [4.78, 5) is 13.2. The fourth-order valence-electron chi connectivity index (χ4n) is 1.83. The number of benzene rings is 1. The minimum absolute atomic E-state index is 0.0450. The Hall–Kier alpha value is -0.940. The Morgan fingerprint density at radius 3 is 2.94 bits per heavy atom. The normalized spacial score (nSPS) is 20.6. The number of amides is 1. The SMILES string of the molecule is CNC1CC(=O)N(c2cc(Br)ccc2F)C1. The van der Waals surface area contributed by atoms with E-state index < -0.39 is 0 Å². The van der Waals surface area contributed by atoms with E-state index in [1.807, 2.05) is 0 Å². The largest absolute Gasteiger partial charge is 0.315 e. The highest BCUT2D eigenvalue weighted by Gasteiger charge is 2.31. The van der Waals surface area contributed by atoms with Crippen molar-refractivity contribution >= 4 is 27.5 Å². The number of hydrogen-bond donors (Lipinski definition) is 1. The smallest absolute Gasteiger partial charge is 0.228 e. The van der Waals surface area contributed by atoms with Crippen molar-refractivity contribution in [3.8, 4) is 0 Å². The van der Waals surface area contributed by atoms with Crippen LogP contribution in [-0.2, 0) is 4.79 Å². The van der Waals surface area contributed by atoms with Gasteiger partial charge in [0.15, 0.2) is 0 Å². The van der Waals surface area contributed by atoms with E-state index in [1.165, 1.54) is 11.0 Å². The second-order valence-electron chi connectivity index (χ2n) is 3.79. The Bertz CT molecular complexity index is 424. The van der Waals surface area contributed by atoms with Gasteiger partial charge in [-0.2, -0.15) is 0 Å². The molecular formula is C11H12BrFN2O. The molecule has 0 spiro atoms. The second-order valence-corrected chi connectivity index (χ2v) is 4.71. The molecule has 1 aliphatic heterocycles.